The molecule has 0 unspecified atom stereocenters. The van der Waals surface area contributed by atoms with E-state index in [-0.39, 0.29) is 0 Å². The average Bonchev–Trinajstić information content (AvgIpc) is 3.35. The Bertz CT molecular complexity index is 1080. The van der Waals surface area contributed by atoms with Crippen LogP contribution in [-0.2, 0) is 13.1 Å². The Morgan fingerprint density at radius 1 is 1.10 bits per heavy atom. The van der Waals surface area contributed by atoms with Gasteiger partial charge in [-0.05, 0) is 26.0 Å². The van der Waals surface area contributed by atoms with Gasteiger partial charge in [-0.15, -0.1) is 0 Å². The summed E-state index contributed by atoms with van der Waals surface area (Å²) >= 11 is 0. The van der Waals surface area contributed by atoms with E-state index in [9.17, 15) is 0 Å². The van der Waals surface area contributed by atoms with Gasteiger partial charge < -0.3 is 23.9 Å². The van der Waals surface area contributed by atoms with Gasteiger partial charge in [-0.1, -0.05) is 5.16 Å². The van der Waals surface area contributed by atoms with Crippen molar-refractivity contribution in [3.63, 3.8) is 0 Å². The number of methoxy groups -OCH3 is 2. The molecule has 0 atom stereocenters. The second-order valence-electron chi connectivity index (χ2n) is 6.60. The topological polar surface area (TPSA) is 100 Å². The summed E-state index contributed by atoms with van der Waals surface area (Å²) in [6.07, 6.45) is 3.28. The van der Waals surface area contributed by atoms with Gasteiger partial charge in [0.05, 0.1) is 32.8 Å². The smallest absolute Gasteiger partial charge is 0.165 e. The van der Waals surface area contributed by atoms with Crippen LogP contribution in [0, 0.1) is 13.8 Å². The van der Waals surface area contributed by atoms with Gasteiger partial charge in [0.2, 0.25) is 0 Å². The molecule has 0 saturated heterocycles. The maximum atomic E-state index is 5.46. The van der Waals surface area contributed by atoms with Crippen LogP contribution < -0.4 is 14.8 Å². The maximum absolute atomic E-state index is 5.46. The first-order valence-corrected chi connectivity index (χ1v) is 9.13. The zero-order valence-electron chi connectivity index (χ0n) is 16.8. The molecule has 1 N–H and O–H groups in total. The van der Waals surface area contributed by atoms with Crippen molar-refractivity contribution in [1.29, 1.82) is 0 Å². The average molecular weight is 394 g/mol. The molecule has 3 heterocycles. The lowest BCUT2D eigenvalue weighted by Crippen LogP contribution is -2.12. The van der Waals surface area contributed by atoms with E-state index in [1.165, 1.54) is 6.33 Å². The van der Waals surface area contributed by atoms with E-state index in [0.29, 0.717) is 24.6 Å². The summed E-state index contributed by atoms with van der Waals surface area (Å²) in [5.74, 6) is 3.67. The second kappa shape index (κ2) is 7.78. The summed E-state index contributed by atoms with van der Waals surface area (Å²) in [6.45, 7) is 4.91. The zero-order chi connectivity index (χ0) is 20.4. The van der Waals surface area contributed by atoms with E-state index in [2.05, 4.69) is 25.4 Å². The third-order valence-electron chi connectivity index (χ3n) is 4.85. The van der Waals surface area contributed by atoms with Gasteiger partial charge in [-0.2, -0.15) is 0 Å². The number of hydrogen-bond acceptors (Lipinski definition) is 8. The summed E-state index contributed by atoms with van der Waals surface area (Å²) in [5.41, 5.74) is 3.56. The van der Waals surface area contributed by atoms with Crippen molar-refractivity contribution < 1.29 is 14.0 Å². The van der Waals surface area contributed by atoms with Crippen LogP contribution in [0.1, 0.15) is 22.6 Å². The second-order valence-corrected chi connectivity index (χ2v) is 6.60. The molecular weight excluding hydrogens is 372 g/mol. The molecule has 0 saturated carbocycles. The van der Waals surface area contributed by atoms with Gasteiger partial charge in [-0.3, -0.25) is 0 Å². The van der Waals surface area contributed by atoms with E-state index in [0.717, 1.165) is 39.9 Å². The normalized spacial score (nSPS) is 11.0. The number of rotatable bonds is 7. The quantitative estimate of drug-likeness (QED) is 0.510. The fourth-order valence-electron chi connectivity index (χ4n) is 3.20. The number of aryl methyl sites for hydroxylation is 2. The molecular formula is C20H22N6O3. The van der Waals surface area contributed by atoms with Crippen LogP contribution in [0.5, 0.6) is 11.5 Å². The third kappa shape index (κ3) is 3.58. The molecule has 2 aliphatic heterocycles. The predicted octanol–water partition coefficient (Wildman–Crippen LogP) is 3.06. The highest BCUT2D eigenvalue weighted by Crippen LogP contribution is 2.28. The van der Waals surface area contributed by atoms with Crippen molar-refractivity contribution in [3.05, 3.63) is 53.4 Å². The van der Waals surface area contributed by atoms with E-state index in [4.69, 9.17) is 14.0 Å². The lowest BCUT2D eigenvalue weighted by atomic mass is 10.2. The van der Waals surface area contributed by atoms with E-state index >= 15 is 0 Å². The number of nitrogens with one attached hydrogen (secondary N) is 1. The molecule has 0 fully saturated rings. The van der Waals surface area contributed by atoms with E-state index in [1.54, 1.807) is 20.5 Å². The molecule has 4 rings (SSSR count). The molecule has 0 amide bonds. The molecule has 2 aromatic rings. The Kier molecular flexibility index (Phi) is 5.03. The molecule has 1 aromatic carbocycles. The number of hydrogen-bond donors (Lipinski definition) is 1. The van der Waals surface area contributed by atoms with Crippen LogP contribution in [0.15, 0.2) is 35.4 Å². The highest BCUT2D eigenvalue weighted by molar-refractivity contribution is 5.67. The SMILES string of the molecule is COc1ccc(CNc2ncn(Cc3c(C)noc3C)c3ncnc2-3)c(OC)c1. The van der Waals surface area contributed by atoms with E-state index < -0.39 is 0 Å². The number of imidazole rings is 1. The molecule has 1 aromatic heterocycles. The van der Waals surface area contributed by atoms with Crippen LogP contribution in [0.2, 0.25) is 0 Å². The summed E-state index contributed by atoms with van der Waals surface area (Å²) in [4.78, 5) is 13.4. The lowest BCUT2D eigenvalue weighted by Gasteiger charge is -2.15. The van der Waals surface area contributed by atoms with Crippen LogP contribution in [0.3, 0.4) is 0 Å². The molecule has 29 heavy (non-hydrogen) atoms. The molecule has 0 spiro atoms. The number of nitrogens with zero attached hydrogens (tertiary/aromatic N) is 5. The third-order valence-corrected chi connectivity index (χ3v) is 4.85. The van der Waals surface area contributed by atoms with Gasteiger partial charge in [0, 0.05) is 23.7 Å². The summed E-state index contributed by atoms with van der Waals surface area (Å²) in [5, 5.41) is 7.34. The van der Waals surface area contributed by atoms with Crippen LogP contribution in [0.25, 0.3) is 11.5 Å². The van der Waals surface area contributed by atoms with Gasteiger partial charge in [0.15, 0.2) is 17.3 Å². The van der Waals surface area contributed by atoms with Crippen molar-refractivity contribution in [2.45, 2.75) is 26.9 Å². The minimum Gasteiger partial charge on any atom is -0.497 e. The first-order valence-electron chi connectivity index (χ1n) is 9.13. The molecule has 0 aliphatic carbocycles. The minimum absolute atomic E-state index is 0.524. The highest BCUT2D eigenvalue weighted by Gasteiger charge is 2.19. The summed E-state index contributed by atoms with van der Waals surface area (Å²) in [7, 11) is 3.26. The Labute approximate surface area is 168 Å². The van der Waals surface area contributed by atoms with Gasteiger partial charge in [0.25, 0.3) is 0 Å². The molecule has 150 valence electrons. The van der Waals surface area contributed by atoms with Crippen molar-refractivity contribution in [1.82, 2.24) is 24.7 Å². The van der Waals surface area contributed by atoms with Crippen molar-refractivity contribution >= 4 is 5.82 Å². The number of fused-ring (bicyclic) bond motifs is 1. The Hall–Kier alpha value is -3.62. The minimum atomic E-state index is 0.524. The van der Waals surface area contributed by atoms with Crippen molar-refractivity contribution in [3.8, 4) is 23.0 Å². The van der Waals surface area contributed by atoms with Crippen LogP contribution in [0.4, 0.5) is 5.82 Å². The standard InChI is InChI=1S/C20H22N6O3/c1-12-16(13(2)29-25-12)9-26-11-24-19(18-20(26)23-10-22-18)21-8-14-5-6-15(27-3)7-17(14)28-4/h5-7,10-11,21H,8-9H2,1-4H3. The van der Waals surface area contributed by atoms with Gasteiger partial charge in [-0.25, -0.2) is 15.0 Å². The fraction of sp³-hybridized carbons (Fsp3) is 0.300. The Morgan fingerprint density at radius 3 is 2.69 bits per heavy atom. The first kappa shape index (κ1) is 18.7. The van der Waals surface area contributed by atoms with Crippen LogP contribution in [-0.4, -0.2) is 38.9 Å². The molecule has 9 nitrogen and oxygen atoms in total. The Balaban J connectivity index is 1.58. The van der Waals surface area contributed by atoms with Crippen LogP contribution >= 0.6 is 0 Å². The summed E-state index contributed by atoms with van der Waals surface area (Å²) < 4.78 is 17.9. The molecule has 0 bridgehead atoms. The number of benzene rings is 1. The lowest BCUT2D eigenvalue weighted by molar-refractivity contribution is 0.391. The predicted molar refractivity (Wildman–Crippen MR) is 106 cm³/mol. The van der Waals surface area contributed by atoms with Gasteiger partial charge in [0.1, 0.15) is 23.6 Å². The van der Waals surface area contributed by atoms with E-state index in [1.807, 2.05) is 36.6 Å². The monoisotopic (exact) mass is 394 g/mol. The van der Waals surface area contributed by atoms with Crippen molar-refractivity contribution in [2.24, 2.45) is 0 Å². The molecule has 2 aliphatic rings. The van der Waals surface area contributed by atoms with Crippen molar-refractivity contribution in [2.75, 3.05) is 19.5 Å². The number of ether oxygens (including phenoxy) is 2. The molecule has 9 heteroatoms. The first-order chi connectivity index (χ1) is 14.1. The maximum Gasteiger partial charge on any atom is 0.165 e. The fourth-order valence-corrected chi connectivity index (χ4v) is 3.20. The van der Waals surface area contributed by atoms with Gasteiger partial charge >= 0.3 is 0 Å². The highest BCUT2D eigenvalue weighted by atomic mass is 16.5. The molecule has 0 radical (unpaired) electrons. The largest absolute Gasteiger partial charge is 0.497 e. The number of aromatic nitrogens is 5. The number of anilines is 1. The summed E-state index contributed by atoms with van der Waals surface area (Å²) in [6, 6.07) is 5.71. The Morgan fingerprint density at radius 2 is 1.97 bits per heavy atom. The zero-order valence-corrected chi connectivity index (χ0v) is 16.8.